The molecule has 96 valence electrons. The van der Waals surface area contributed by atoms with Gasteiger partial charge in [0.25, 0.3) is 0 Å². The van der Waals surface area contributed by atoms with E-state index in [9.17, 15) is 0 Å². The number of hydrogen-bond donors (Lipinski definition) is 1. The topological polar surface area (TPSA) is 68.3 Å². The second-order valence-corrected chi connectivity index (χ2v) is 4.82. The van der Waals surface area contributed by atoms with Gasteiger partial charge in [-0.05, 0) is 25.0 Å². The predicted molar refractivity (Wildman–Crippen MR) is 68.5 cm³/mol. The highest BCUT2D eigenvalue weighted by Gasteiger charge is 2.36. The Balaban J connectivity index is 2.10. The van der Waals surface area contributed by atoms with Crippen molar-refractivity contribution in [3.05, 3.63) is 23.8 Å². The number of benzene rings is 1. The first-order chi connectivity index (χ1) is 8.73. The lowest BCUT2D eigenvalue weighted by Crippen LogP contribution is -2.42. The lowest BCUT2D eigenvalue weighted by molar-refractivity contribution is 0.0652. The number of ether oxygens (including phenoxy) is 2. The van der Waals surface area contributed by atoms with Gasteiger partial charge in [-0.25, -0.2) is 0 Å². The van der Waals surface area contributed by atoms with Crippen molar-refractivity contribution in [3.63, 3.8) is 0 Å². The molecule has 1 aromatic rings. The van der Waals surface area contributed by atoms with E-state index in [1.165, 1.54) is 6.42 Å². The van der Waals surface area contributed by atoms with Crippen molar-refractivity contribution in [1.29, 1.82) is 5.26 Å². The summed E-state index contributed by atoms with van der Waals surface area (Å²) in [6.07, 6.45) is 3.45. The summed E-state index contributed by atoms with van der Waals surface area (Å²) in [5.41, 5.74) is 6.49. The summed E-state index contributed by atoms with van der Waals surface area (Å²) in [5, 5.41) is 8.89. The molecule has 0 spiro atoms. The largest absolute Gasteiger partial charge is 0.493 e. The van der Waals surface area contributed by atoms with E-state index >= 15 is 0 Å². The van der Waals surface area contributed by atoms with E-state index in [1.54, 1.807) is 25.3 Å². The highest BCUT2D eigenvalue weighted by molar-refractivity contribution is 5.46. The van der Waals surface area contributed by atoms with Gasteiger partial charge >= 0.3 is 0 Å². The van der Waals surface area contributed by atoms with Gasteiger partial charge in [0.15, 0.2) is 11.5 Å². The van der Waals surface area contributed by atoms with Gasteiger partial charge in [-0.1, -0.05) is 6.42 Å². The second-order valence-electron chi connectivity index (χ2n) is 4.82. The molecule has 0 bridgehead atoms. The fourth-order valence-electron chi connectivity index (χ4n) is 2.17. The molecule has 1 aromatic carbocycles. The number of nitrogens with two attached hydrogens (primary N) is 1. The van der Waals surface area contributed by atoms with E-state index in [1.807, 2.05) is 0 Å². The molecule has 0 amide bonds. The summed E-state index contributed by atoms with van der Waals surface area (Å²) in [6.45, 7) is 1.24. The standard InChI is InChI=1S/C14H18N2O2/c1-17-12-4-3-11(8-15)7-13(12)18-10-14(9-16)5-2-6-14/h3-4,7H,2,5-6,9-10,16H2,1H3. The van der Waals surface area contributed by atoms with Crippen molar-refractivity contribution in [3.8, 4) is 17.6 Å². The minimum atomic E-state index is 0.119. The molecule has 2 rings (SSSR count). The molecule has 0 aromatic heterocycles. The monoisotopic (exact) mass is 246 g/mol. The van der Waals surface area contributed by atoms with Gasteiger partial charge in [0, 0.05) is 18.0 Å². The van der Waals surface area contributed by atoms with Crippen molar-refractivity contribution >= 4 is 0 Å². The molecule has 18 heavy (non-hydrogen) atoms. The maximum absolute atomic E-state index is 8.89. The third-order valence-corrected chi connectivity index (χ3v) is 3.67. The van der Waals surface area contributed by atoms with Crippen LogP contribution in [0.2, 0.25) is 0 Å². The van der Waals surface area contributed by atoms with Crippen LogP contribution in [0.5, 0.6) is 11.5 Å². The Hall–Kier alpha value is -1.73. The van der Waals surface area contributed by atoms with Crippen LogP contribution in [0, 0.1) is 16.7 Å². The summed E-state index contributed by atoms with van der Waals surface area (Å²) in [5.74, 6) is 1.27. The van der Waals surface area contributed by atoms with Crippen molar-refractivity contribution < 1.29 is 9.47 Å². The molecule has 0 heterocycles. The number of rotatable bonds is 5. The summed E-state index contributed by atoms with van der Waals surface area (Å²) < 4.78 is 11.0. The van der Waals surface area contributed by atoms with E-state index in [-0.39, 0.29) is 5.41 Å². The van der Waals surface area contributed by atoms with Gasteiger partial charge in [-0.2, -0.15) is 5.26 Å². The minimum absolute atomic E-state index is 0.119. The van der Waals surface area contributed by atoms with Gasteiger partial charge in [0.05, 0.1) is 25.3 Å². The molecule has 1 saturated carbocycles. The maximum atomic E-state index is 8.89. The molecule has 4 heteroatoms. The minimum Gasteiger partial charge on any atom is -0.493 e. The van der Waals surface area contributed by atoms with Crippen molar-refractivity contribution in [2.24, 2.45) is 11.1 Å². The Morgan fingerprint density at radius 2 is 2.17 bits per heavy atom. The number of nitriles is 1. The second kappa shape index (κ2) is 5.28. The van der Waals surface area contributed by atoms with Gasteiger partial charge < -0.3 is 15.2 Å². The van der Waals surface area contributed by atoms with Crippen LogP contribution < -0.4 is 15.2 Å². The predicted octanol–water partition coefficient (Wildman–Crippen LogP) is 2.07. The van der Waals surface area contributed by atoms with E-state index < -0.39 is 0 Å². The van der Waals surface area contributed by atoms with Crippen LogP contribution in [-0.4, -0.2) is 20.3 Å². The van der Waals surface area contributed by atoms with E-state index in [0.717, 1.165) is 12.8 Å². The van der Waals surface area contributed by atoms with Gasteiger partial charge in [0.1, 0.15) is 0 Å². The maximum Gasteiger partial charge on any atom is 0.162 e. The zero-order valence-electron chi connectivity index (χ0n) is 10.6. The van der Waals surface area contributed by atoms with E-state index in [4.69, 9.17) is 20.5 Å². The SMILES string of the molecule is COc1ccc(C#N)cc1OCC1(CN)CCC1. The number of methoxy groups -OCH3 is 1. The summed E-state index contributed by atoms with van der Waals surface area (Å²) in [7, 11) is 1.59. The Morgan fingerprint density at radius 1 is 1.39 bits per heavy atom. The van der Waals surface area contributed by atoms with Crippen LogP contribution >= 0.6 is 0 Å². The van der Waals surface area contributed by atoms with Crippen LogP contribution in [-0.2, 0) is 0 Å². The average Bonchev–Trinajstić information content (AvgIpc) is 2.37. The first-order valence-corrected chi connectivity index (χ1v) is 6.14. The third-order valence-electron chi connectivity index (χ3n) is 3.67. The third kappa shape index (κ3) is 2.41. The number of hydrogen-bond acceptors (Lipinski definition) is 4. The molecule has 2 N–H and O–H groups in total. The zero-order valence-corrected chi connectivity index (χ0v) is 10.6. The normalized spacial score (nSPS) is 16.5. The highest BCUT2D eigenvalue weighted by Crippen LogP contribution is 2.41. The molecule has 1 fully saturated rings. The van der Waals surface area contributed by atoms with Crippen LogP contribution in [0.4, 0.5) is 0 Å². The molecule has 0 saturated heterocycles. The molecule has 1 aliphatic rings. The molecule has 4 nitrogen and oxygen atoms in total. The van der Waals surface area contributed by atoms with Crippen LogP contribution in [0.25, 0.3) is 0 Å². The van der Waals surface area contributed by atoms with Crippen molar-refractivity contribution in [2.45, 2.75) is 19.3 Å². The molecule has 0 aliphatic heterocycles. The van der Waals surface area contributed by atoms with Crippen molar-refractivity contribution in [2.75, 3.05) is 20.3 Å². The lowest BCUT2D eigenvalue weighted by Gasteiger charge is -2.40. The molecule has 1 aliphatic carbocycles. The Labute approximate surface area is 107 Å². The van der Waals surface area contributed by atoms with Gasteiger partial charge in [-0.15, -0.1) is 0 Å². The Bertz CT molecular complexity index is 456. The Kier molecular flexibility index (Phi) is 3.73. The highest BCUT2D eigenvalue weighted by atomic mass is 16.5. The lowest BCUT2D eigenvalue weighted by atomic mass is 9.69. The summed E-state index contributed by atoms with van der Waals surface area (Å²) >= 11 is 0. The average molecular weight is 246 g/mol. The number of nitrogens with zero attached hydrogens (tertiary/aromatic N) is 1. The van der Waals surface area contributed by atoms with E-state index in [0.29, 0.717) is 30.2 Å². The van der Waals surface area contributed by atoms with Crippen LogP contribution in [0.1, 0.15) is 24.8 Å². The quantitative estimate of drug-likeness (QED) is 0.863. The molecular formula is C14H18N2O2. The first kappa shape index (κ1) is 12.7. The van der Waals surface area contributed by atoms with Crippen LogP contribution in [0.15, 0.2) is 18.2 Å². The first-order valence-electron chi connectivity index (χ1n) is 6.14. The van der Waals surface area contributed by atoms with Gasteiger partial charge in [0.2, 0.25) is 0 Å². The molecular weight excluding hydrogens is 228 g/mol. The van der Waals surface area contributed by atoms with Crippen molar-refractivity contribution in [1.82, 2.24) is 0 Å². The zero-order chi connectivity index (χ0) is 13.0. The summed E-state index contributed by atoms with van der Waals surface area (Å²) in [6, 6.07) is 7.28. The van der Waals surface area contributed by atoms with Crippen LogP contribution in [0.3, 0.4) is 0 Å². The summed E-state index contributed by atoms with van der Waals surface area (Å²) in [4.78, 5) is 0. The smallest absolute Gasteiger partial charge is 0.162 e. The fraction of sp³-hybridized carbons (Fsp3) is 0.500. The molecule has 0 radical (unpaired) electrons. The van der Waals surface area contributed by atoms with E-state index in [2.05, 4.69) is 6.07 Å². The molecule has 0 atom stereocenters. The van der Waals surface area contributed by atoms with Gasteiger partial charge in [-0.3, -0.25) is 0 Å². The molecule has 0 unspecified atom stereocenters. The Morgan fingerprint density at radius 3 is 2.67 bits per heavy atom. The fourth-order valence-corrected chi connectivity index (χ4v) is 2.17.